The van der Waals surface area contributed by atoms with Gasteiger partial charge in [0.1, 0.15) is 24.2 Å². The number of primary amides is 2. The predicted octanol–water partition coefficient (Wildman–Crippen LogP) is 0.466. The van der Waals surface area contributed by atoms with Gasteiger partial charge < -0.3 is 71.1 Å². The summed E-state index contributed by atoms with van der Waals surface area (Å²) in [6.45, 7) is 33.6. The predicted molar refractivity (Wildman–Crippen MR) is 341 cm³/mol. The normalized spacial score (nSPS) is 24.8. The van der Waals surface area contributed by atoms with Crippen molar-refractivity contribution in [2.75, 3.05) is 13.1 Å². The molecule has 2 aliphatic heterocycles. The number of carbonyl (C=O) groups excluding carboxylic acids is 9. The number of aliphatic hydroxyl groups excluding tert-OH is 1. The molecule has 0 aromatic heterocycles. The maximum Gasteiger partial charge on any atom is 0.252 e. The minimum atomic E-state index is -1.07. The molecular weight excluding hydrogens is 1630 g/mol. The summed E-state index contributed by atoms with van der Waals surface area (Å²) < 4.78 is 0. The van der Waals surface area contributed by atoms with Gasteiger partial charge in [-0.15, -0.1) is 0 Å². The number of nitrogens with zero attached hydrogens (tertiary/aromatic N) is 2. The monoisotopic (exact) mass is 1730 g/mol. The molecule has 0 aromatic carbocycles. The maximum absolute atomic E-state index is 13.9. The van der Waals surface area contributed by atoms with Gasteiger partial charge in [0, 0.05) is 67.8 Å². The Balaban J connectivity index is 0.000000644. The fourth-order valence-corrected chi connectivity index (χ4v) is 11.7. The second-order valence-corrected chi connectivity index (χ2v) is 44.4. The molecule has 0 spiro atoms. The van der Waals surface area contributed by atoms with Crippen LogP contribution in [0, 0.1) is 57.2 Å². The Morgan fingerprint density at radius 1 is 0.642 bits per heavy atom. The van der Waals surface area contributed by atoms with Gasteiger partial charge in [-0.2, -0.15) is 0 Å². The number of nitrogens with one attached hydrogen (secondary N) is 5. The number of quaternary nitrogens is 1. The summed E-state index contributed by atoms with van der Waals surface area (Å²) in [6, 6.07) is -4.78. The fourth-order valence-electron chi connectivity index (χ4n) is 11.7. The van der Waals surface area contributed by atoms with Crippen molar-refractivity contribution in [1.29, 1.82) is 0 Å². The Bertz CT molecular complexity index is 2210. The zero-order valence-corrected chi connectivity index (χ0v) is 62.3. The number of halogens is 6. The molecule has 470 valence electrons. The summed E-state index contributed by atoms with van der Waals surface area (Å²) in [6.07, 6.45) is 6.75. The molecule has 4 saturated carbocycles. The number of rotatable bonds is 15. The molecule has 2 heterocycles. The van der Waals surface area contributed by atoms with E-state index >= 15 is 0 Å². The van der Waals surface area contributed by atoms with Crippen LogP contribution in [0.15, 0.2) is 0 Å². The van der Waals surface area contributed by atoms with E-state index in [1.807, 2.05) is 83.1 Å². The number of amides is 9. The van der Waals surface area contributed by atoms with Gasteiger partial charge >= 0.3 is 62.5 Å². The third-order valence-electron chi connectivity index (χ3n) is 16.7. The number of carbonyl (C=O) groups is 9. The molecule has 6 aliphatic rings. The standard InChI is InChI=1S/C27H45N5O5.C20H35N3O3.C8H16N2O2.ClH.I3.I2/c1-25(2,3)20(30-24(37)31-26(4,5)6)23(36)32-13-15-17(27(15,7)8)18(32)22(35)29-16(19(33)21(28)34)12-14-10-9-11-14;1-11(24)14-13-12(20(13,8)9)10-23(14)16(25)15(18(2,3)4)21-17(26)22-19(5,6)7;9-6(7(11)8(10)12)4-5-2-1-3-5;;1-3-2;1-2/h14-18,20H,9-13H2,1-8H3,(H2,28,34)(H,29,35)(H2,30,31,37);12-15H,10H2,1-9H3,(H2,21,22,26);5-7,11H,1-4,9H2,(H2,10,12);1H;;/q;;;;-1;/t15-,16?,17-,18-,20+;12-,13-,14+,15+;;;;/m00..../s1. The summed E-state index contributed by atoms with van der Waals surface area (Å²) in [5.41, 5.74) is 12.0. The number of likely N-dealkylation sites (tertiary alicyclic amines) is 2. The van der Waals surface area contributed by atoms with E-state index in [1.54, 1.807) is 16.7 Å². The molecule has 6 rings (SSSR count). The molecule has 81 heavy (non-hydrogen) atoms. The summed E-state index contributed by atoms with van der Waals surface area (Å²) in [5, 5.41) is 23.4. The van der Waals surface area contributed by atoms with E-state index in [9.17, 15) is 48.3 Å². The first-order chi connectivity index (χ1) is 36.4. The van der Waals surface area contributed by atoms with Crippen molar-refractivity contribution in [3.05, 3.63) is 0 Å². The number of hydrogen-bond acceptors (Lipinski definition) is 10. The number of aliphatic hydroxyl groups is 1. The van der Waals surface area contributed by atoms with Gasteiger partial charge in [0.05, 0.1) is 12.1 Å². The van der Waals surface area contributed by atoms with Crippen LogP contribution < -0.4 is 69.4 Å². The van der Waals surface area contributed by atoms with E-state index in [1.165, 1.54) is 19.3 Å². The molecular formula is C55H97ClI5N10O10-. The number of urea groups is 2. The van der Waals surface area contributed by atoms with Crippen molar-refractivity contribution >= 4 is 128 Å². The van der Waals surface area contributed by atoms with E-state index in [-0.39, 0.29) is 82.6 Å². The molecule has 3 unspecified atom stereocenters. The Kier molecular flexibility index (Phi) is 30.7. The molecule has 0 radical (unpaired) electrons. The molecule has 26 heteroatoms. The van der Waals surface area contributed by atoms with Crippen LogP contribution >= 0.6 is 74.5 Å². The average Bonchev–Trinajstić information content (AvgIpc) is 3.73. The van der Waals surface area contributed by atoms with Gasteiger partial charge in [-0.3, -0.25) is 33.6 Å². The minimum absolute atomic E-state index is 0. The number of hydrogen-bond donors (Lipinski definition) is 9. The van der Waals surface area contributed by atoms with Crippen LogP contribution in [0.4, 0.5) is 9.59 Å². The molecule has 6 fully saturated rings. The molecule has 2 saturated heterocycles. The minimum Gasteiger partial charge on any atom is -1.00 e. The van der Waals surface area contributed by atoms with Crippen LogP contribution in [-0.4, -0.2) is 135 Å². The maximum atomic E-state index is 13.9. The van der Waals surface area contributed by atoms with E-state index in [0.717, 1.165) is 25.7 Å². The Morgan fingerprint density at radius 2 is 0.988 bits per heavy atom. The van der Waals surface area contributed by atoms with Crippen LogP contribution in [0.3, 0.4) is 0 Å². The van der Waals surface area contributed by atoms with Crippen molar-refractivity contribution in [2.24, 2.45) is 68.6 Å². The summed E-state index contributed by atoms with van der Waals surface area (Å²) in [4.78, 5) is 116. The van der Waals surface area contributed by atoms with Gasteiger partial charge in [-0.1, -0.05) is 108 Å². The molecule has 0 bridgehead atoms. The van der Waals surface area contributed by atoms with E-state index in [4.69, 9.17) is 11.5 Å². The SMILES string of the molecule is CC(=O)[C@@H]1[C@@H]2[C@H](CN1C(=O)[C@@H](NC(=O)NC(C)(C)C)C(C)(C)C)C2(C)C.CC(C)(C)NC(=O)N[C@H](C(=O)N1C[C@H]2[C@@H]([C@H]1C(=O)NC(CC1CCC1)C(=O)C(N)=O)C2(C)C)C(C)(C)C.II.I[I-]I.NC(=O)C(O)C([NH3+])CC1CCC1.[Cl-]. The molecule has 11 atom stereocenters. The smallest absolute Gasteiger partial charge is 0.252 e. The van der Waals surface area contributed by atoms with Crippen molar-refractivity contribution in [3.8, 4) is 0 Å². The van der Waals surface area contributed by atoms with Gasteiger partial charge in [0.2, 0.25) is 23.5 Å². The molecule has 0 aromatic rings. The van der Waals surface area contributed by atoms with E-state index in [2.05, 4.69) is 134 Å². The first-order valence-electron chi connectivity index (χ1n) is 27.7. The molecule has 9 amide bonds. The first-order valence-corrected chi connectivity index (χ1v) is 46.5. The Labute approximate surface area is 542 Å². The van der Waals surface area contributed by atoms with Crippen molar-refractivity contribution in [1.82, 2.24) is 36.4 Å². The van der Waals surface area contributed by atoms with E-state index in [0.29, 0.717) is 44.6 Å². The van der Waals surface area contributed by atoms with Crippen molar-refractivity contribution < 1.29 is 79.7 Å². The number of nitrogens with two attached hydrogens (primary N) is 2. The van der Waals surface area contributed by atoms with Crippen molar-refractivity contribution in [2.45, 2.75) is 223 Å². The Hall–Kier alpha value is -0.910. The van der Waals surface area contributed by atoms with Crippen LogP contribution in [0.1, 0.15) is 169 Å². The molecule has 13 N–H and O–H groups in total. The van der Waals surface area contributed by atoms with Crippen LogP contribution in [-0.2, 0) is 33.6 Å². The number of fused-ring (bicyclic) bond motifs is 2. The second kappa shape index (κ2) is 31.8. The van der Waals surface area contributed by atoms with E-state index < -0.39 is 81.7 Å². The molecule has 4 aliphatic carbocycles. The number of Topliss-reactive ketones (excluding diaryl/α,β-unsaturated/α-hetero) is 2. The fraction of sp³-hybridized carbons (Fsp3) is 0.836. The Morgan fingerprint density at radius 3 is 1.28 bits per heavy atom. The van der Waals surface area contributed by atoms with Crippen molar-refractivity contribution in [3.63, 3.8) is 0 Å². The van der Waals surface area contributed by atoms with Crippen LogP contribution in [0.5, 0.6) is 0 Å². The number of ketones is 2. The van der Waals surface area contributed by atoms with Crippen LogP contribution in [0.2, 0.25) is 0 Å². The van der Waals surface area contributed by atoms with Crippen LogP contribution in [0.25, 0.3) is 0 Å². The number of piperidine rings is 2. The topological polar surface area (TPSA) is 320 Å². The zero-order chi connectivity index (χ0) is 62.2. The van der Waals surface area contributed by atoms with Gasteiger partial charge in [-0.05, 0) is 112 Å². The first kappa shape index (κ1) is 78.1. The second-order valence-electron chi connectivity index (χ2n) is 28.2. The summed E-state index contributed by atoms with van der Waals surface area (Å²) in [7, 11) is 0. The third-order valence-corrected chi connectivity index (χ3v) is 16.7. The zero-order valence-electron chi connectivity index (χ0n) is 50.7. The average molecular weight is 1730 g/mol. The molecule has 20 nitrogen and oxygen atoms in total. The summed E-state index contributed by atoms with van der Waals surface area (Å²) in [5.74, 6) is -1.89. The largest absolute Gasteiger partial charge is 1.00 e. The van der Waals surface area contributed by atoms with Gasteiger partial charge in [-0.25, -0.2) is 9.59 Å². The van der Waals surface area contributed by atoms with Gasteiger partial charge in [0.15, 0.2) is 11.9 Å². The summed E-state index contributed by atoms with van der Waals surface area (Å²) >= 11 is 9.54. The quantitative estimate of drug-likeness (QED) is 0.0807. The van der Waals surface area contributed by atoms with Gasteiger partial charge in [0.25, 0.3) is 11.8 Å². The third kappa shape index (κ3) is 22.3.